The minimum absolute atomic E-state index is 0.285. The second-order valence-corrected chi connectivity index (χ2v) is 8.66. The van der Waals surface area contributed by atoms with Crippen molar-refractivity contribution >= 4 is 0 Å². The molecule has 4 unspecified atom stereocenters. The van der Waals surface area contributed by atoms with Crippen LogP contribution >= 0.6 is 0 Å². The molecule has 0 saturated carbocycles. The summed E-state index contributed by atoms with van der Waals surface area (Å²) in [5.74, 6) is 0. The zero-order chi connectivity index (χ0) is 17.0. The molecule has 0 aromatic heterocycles. The van der Waals surface area contributed by atoms with Crippen molar-refractivity contribution < 1.29 is 5.11 Å². The van der Waals surface area contributed by atoms with Crippen LogP contribution in [0.25, 0.3) is 0 Å². The van der Waals surface area contributed by atoms with E-state index < -0.39 is 0 Å². The Morgan fingerprint density at radius 3 is 2.20 bits per heavy atom. The fourth-order valence-corrected chi connectivity index (χ4v) is 6.00. The van der Waals surface area contributed by atoms with E-state index in [1.165, 1.54) is 44.3 Å². The van der Waals surface area contributed by atoms with Crippen molar-refractivity contribution in [3.05, 3.63) is 35.4 Å². The molecule has 3 saturated heterocycles. The van der Waals surface area contributed by atoms with Crippen molar-refractivity contribution in [2.45, 2.75) is 62.4 Å². The SMILES string of the molecule is CN1C2CCC1CC(N1CCN(C3Cc4ccccc4C3O)CC1)C2. The molecule has 4 nitrogen and oxygen atoms in total. The highest BCUT2D eigenvalue weighted by Gasteiger charge is 2.42. The third kappa shape index (κ3) is 2.74. The first kappa shape index (κ1) is 16.2. The average molecular weight is 341 g/mol. The summed E-state index contributed by atoms with van der Waals surface area (Å²) >= 11 is 0. The summed E-state index contributed by atoms with van der Waals surface area (Å²) in [7, 11) is 2.33. The molecule has 25 heavy (non-hydrogen) atoms. The molecule has 3 aliphatic heterocycles. The van der Waals surface area contributed by atoms with Gasteiger partial charge in [0.25, 0.3) is 0 Å². The van der Waals surface area contributed by atoms with Crippen LogP contribution in [0, 0.1) is 0 Å². The molecule has 1 N–H and O–H groups in total. The molecule has 2 bridgehead atoms. The lowest BCUT2D eigenvalue weighted by atomic mass is 9.95. The van der Waals surface area contributed by atoms with Gasteiger partial charge in [-0.1, -0.05) is 24.3 Å². The minimum Gasteiger partial charge on any atom is -0.387 e. The molecule has 0 amide bonds. The summed E-state index contributed by atoms with van der Waals surface area (Å²) in [5, 5.41) is 10.8. The van der Waals surface area contributed by atoms with Crippen LogP contribution in [-0.2, 0) is 6.42 Å². The van der Waals surface area contributed by atoms with E-state index in [2.05, 4.69) is 46.0 Å². The number of fused-ring (bicyclic) bond motifs is 3. The van der Waals surface area contributed by atoms with Crippen LogP contribution in [0.15, 0.2) is 24.3 Å². The molecule has 5 rings (SSSR count). The molecule has 1 aliphatic carbocycles. The number of hydrogen-bond donors (Lipinski definition) is 1. The fourth-order valence-electron chi connectivity index (χ4n) is 6.00. The number of aliphatic hydroxyl groups excluding tert-OH is 1. The van der Waals surface area contributed by atoms with Gasteiger partial charge in [0.05, 0.1) is 6.10 Å². The second kappa shape index (κ2) is 6.34. The predicted octanol–water partition coefficient (Wildman–Crippen LogP) is 1.89. The maximum absolute atomic E-state index is 10.8. The van der Waals surface area contributed by atoms with Crippen molar-refractivity contribution in [3.63, 3.8) is 0 Å². The van der Waals surface area contributed by atoms with Gasteiger partial charge < -0.3 is 10.0 Å². The second-order valence-electron chi connectivity index (χ2n) is 8.66. The number of piperazine rings is 1. The number of rotatable bonds is 2. The standard InChI is InChI=1S/C21H31N3O/c1-22-16-6-7-17(22)14-18(13-16)23-8-10-24(11-9-23)20-12-15-4-2-3-5-19(15)21(20)25/h2-5,16-18,20-21,25H,6-14H2,1H3. The summed E-state index contributed by atoms with van der Waals surface area (Å²) in [6.07, 6.45) is 6.25. The van der Waals surface area contributed by atoms with E-state index in [1.807, 2.05) is 0 Å². The zero-order valence-corrected chi connectivity index (χ0v) is 15.3. The van der Waals surface area contributed by atoms with Crippen molar-refractivity contribution in [2.24, 2.45) is 0 Å². The largest absolute Gasteiger partial charge is 0.387 e. The first-order valence-electron chi connectivity index (χ1n) is 10.2. The van der Waals surface area contributed by atoms with Gasteiger partial charge in [-0.05, 0) is 50.3 Å². The highest BCUT2D eigenvalue weighted by Crippen LogP contribution is 2.38. The van der Waals surface area contributed by atoms with E-state index in [4.69, 9.17) is 0 Å². The molecule has 3 heterocycles. The maximum Gasteiger partial charge on any atom is 0.0951 e. The van der Waals surface area contributed by atoms with Gasteiger partial charge in [0, 0.05) is 50.3 Å². The van der Waals surface area contributed by atoms with Gasteiger partial charge in [0.15, 0.2) is 0 Å². The first-order chi connectivity index (χ1) is 12.2. The lowest BCUT2D eigenvalue weighted by Gasteiger charge is -2.46. The van der Waals surface area contributed by atoms with Crippen LogP contribution < -0.4 is 0 Å². The van der Waals surface area contributed by atoms with Gasteiger partial charge in [-0.2, -0.15) is 0 Å². The van der Waals surface area contributed by atoms with E-state index in [0.717, 1.165) is 43.2 Å². The Labute approximate surface area is 151 Å². The van der Waals surface area contributed by atoms with Crippen LogP contribution in [0.5, 0.6) is 0 Å². The molecule has 136 valence electrons. The minimum atomic E-state index is -0.304. The molecular weight excluding hydrogens is 310 g/mol. The third-order valence-corrected chi connectivity index (χ3v) is 7.57. The van der Waals surface area contributed by atoms with E-state index in [1.54, 1.807) is 0 Å². The Morgan fingerprint density at radius 2 is 1.52 bits per heavy atom. The maximum atomic E-state index is 10.8. The van der Waals surface area contributed by atoms with Gasteiger partial charge in [0.2, 0.25) is 0 Å². The normalized spacial score (nSPS) is 39.7. The summed E-state index contributed by atoms with van der Waals surface area (Å²) in [6.45, 7) is 4.57. The van der Waals surface area contributed by atoms with Gasteiger partial charge in [-0.15, -0.1) is 0 Å². The molecular formula is C21H31N3O. The fraction of sp³-hybridized carbons (Fsp3) is 0.714. The van der Waals surface area contributed by atoms with Gasteiger partial charge >= 0.3 is 0 Å². The number of nitrogens with zero attached hydrogens (tertiary/aromatic N) is 3. The van der Waals surface area contributed by atoms with E-state index >= 15 is 0 Å². The van der Waals surface area contributed by atoms with Gasteiger partial charge in [-0.3, -0.25) is 9.80 Å². The van der Waals surface area contributed by atoms with Gasteiger partial charge in [-0.25, -0.2) is 0 Å². The summed E-state index contributed by atoms with van der Waals surface area (Å²) in [6, 6.07) is 11.2. The molecule has 3 fully saturated rings. The topological polar surface area (TPSA) is 30.0 Å². The smallest absolute Gasteiger partial charge is 0.0951 e. The highest BCUT2D eigenvalue weighted by molar-refractivity contribution is 5.36. The highest BCUT2D eigenvalue weighted by atomic mass is 16.3. The number of benzene rings is 1. The van der Waals surface area contributed by atoms with Crippen molar-refractivity contribution in [1.82, 2.24) is 14.7 Å². The summed E-state index contributed by atoms with van der Waals surface area (Å²) < 4.78 is 0. The third-order valence-electron chi connectivity index (χ3n) is 7.57. The average Bonchev–Trinajstić information content (AvgIpc) is 3.06. The molecule has 4 aliphatic rings. The molecule has 4 heteroatoms. The molecule has 0 spiro atoms. The summed E-state index contributed by atoms with van der Waals surface area (Å²) in [5.41, 5.74) is 2.50. The first-order valence-corrected chi connectivity index (χ1v) is 10.2. The molecule has 4 atom stereocenters. The van der Waals surface area contributed by atoms with Crippen LogP contribution in [-0.4, -0.2) is 77.2 Å². The van der Waals surface area contributed by atoms with Crippen molar-refractivity contribution in [1.29, 1.82) is 0 Å². The monoisotopic (exact) mass is 341 g/mol. The van der Waals surface area contributed by atoms with E-state index in [0.29, 0.717) is 0 Å². The Kier molecular flexibility index (Phi) is 4.12. The quantitative estimate of drug-likeness (QED) is 0.890. The Morgan fingerprint density at radius 1 is 0.880 bits per heavy atom. The van der Waals surface area contributed by atoms with E-state index in [-0.39, 0.29) is 12.1 Å². The molecule has 1 aromatic carbocycles. The Hall–Kier alpha value is -0.940. The number of piperidine rings is 1. The van der Waals surface area contributed by atoms with Crippen LogP contribution in [0.1, 0.15) is 42.9 Å². The lowest BCUT2D eigenvalue weighted by Crippen LogP contribution is -2.57. The lowest BCUT2D eigenvalue weighted by molar-refractivity contribution is -0.000385. The zero-order valence-electron chi connectivity index (χ0n) is 15.3. The molecule has 0 radical (unpaired) electrons. The van der Waals surface area contributed by atoms with Crippen molar-refractivity contribution in [2.75, 3.05) is 33.2 Å². The predicted molar refractivity (Wildman–Crippen MR) is 99.6 cm³/mol. The van der Waals surface area contributed by atoms with Crippen LogP contribution in [0.4, 0.5) is 0 Å². The number of hydrogen-bond acceptors (Lipinski definition) is 4. The van der Waals surface area contributed by atoms with Gasteiger partial charge in [0.1, 0.15) is 0 Å². The Bertz CT molecular complexity index is 613. The summed E-state index contributed by atoms with van der Waals surface area (Å²) in [4.78, 5) is 7.94. The van der Waals surface area contributed by atoms with Crippen LogP contribution in [0.2, 0.25) is 0 Å². The Balaban J connectivity index is 1.20. The van der Waals surface area contributed by atoms with E-state index in [9.17, 15) is 5.11 Å². The van der Waals surface area contributed by atoms with Crippen LogP contribution in [0.3, 0.4) is 0 Å². The van der Waals surface area contributed by atoms with Crippen molar-refractivity contribution in [3.8, 4) is 0 Å². The number of aliphatic hydroxyl groups is 1. The molecule has 1 aromatic rings.